The highest BCUT2D eigenvalue weighted by atomic mass is 16.6. The van der Waals surface area contributed by atoms with E-state index < -0.39 is 11.8 Å². The topological polar surface area (TPSA) is 111 Å². The van der Waals surface area contributed by atoms with Crippen LogP contribution < -0.4 is 10.1 Å². The van der Waals surface area contributed by atoms with Crippen molar-refractivity contribution < 1.29 is 19.4 Å². The number of aromatic amines is 1. The first kappa shape index (κ1) is 23.9. The number of anilines is 1. The summed E-state index contributed by atoms with van der Waals surface area (Å²) in [5.41, 5.74) is 1.18. The van der Waals surface area contributed by atoms with E-state index in [4.69, 9.17) is 4.74 Å². The average molecular weight is 466 g/mol. The van der Waals surface area contributed by atoms with E-state index in [2.05, 4.69) is 20.2 Å². The van der Waals surface area contributed by atoms with Crippen molar-refractivity contribution in [3.8, 4) is 5.75 Å². The Balaban J connectivity index is 1.39. The van der Waals surface area contributed by atoms with Crippen molar-refractivity contribution >= 4 is 28.4 Å². The minimum atomic E-state index is -1.03. The lowest BCUT2D eigenvalue weighted by Gasteiger charge is -2.34. The number of benzene rings is 1. The van der Waals surface area contributed by atoms with Crippen molar-refractivity contribution in [1.82, 2.24) is 19.8 Å². The molecule has 0 radical (unpaired) electrons. The summed E-state index contributed by atoms with van der Waals surface area (Å²) >= 11 is 0. The Morgan fingerprint density at radius 2 is 1.79 bits per heavy atom. The van der Waals surface area contributed by atoms with Gasteiger partial charge in [-0.05, 0) is 43.4 Å². The van der Waals surface area contributed by atoms with Gasteiger partial charge in [0.25, 0.3) is 12.3 Å². The second-order valence-electron chi connectivity index (χ2n) is 9.68. The molecule has 1 aromatic carbocycles. The molecule has 0 saturated carbocycles. The second-order valence-corrected chi connectivity index (χ2v) is 9.68. The largest absolute Gasteiger partial charge is 0.451 e. The Morgan fingerprint density at radius 1 is 1.12 bits per heavy atom. The lowest BCUT2D eigenvalue weighted by atomic mass is 9.89. The number of aromatic nitrogens is 2. The van der Waals surface area contributed by atoms with Gasteiger partial charge in [-0.2, -0.15) is 0 Å². The number of ether oxygens (including phenoxy) is 1. The number of pyridine rings is 1. The molecule has 180 valence electrons. The fourth-order valence-electron chi connectivity index (χ4n) is 3.74. The number of aliphatic hydroxyl groups is 1. The number of nitrogens with one attached hydrogen (secondary N) is 2. The fourth-order valence-corrected chi connectivity index (χ4v) is 3.74. The zero-order chi connectivity index (χ0) is 24.5. The van der Waals surface area contributed by atoms with Crippen LogP contribution in [0, 0.1) is 5.41 Å². The minimum absolute atomic E-state index is 0.00864. The fraction of sp³-hybridized carbons (Fsp3) is 0.400. The molecule has 1 saturated heterocycles. The number of piperazine rings is 1. The third-order valence-electron chi connectivity index (χ3n) is 5.88. The summed E-state index contributed by atoms with van der Waals surface area (Å²) < 4.78 is 5.62. The van der Waals surface area contributed by atoms with Gasteiger partial charge in [0.15, 0.2) is 5.78 Å². The van der Waals surface area contributed by atoms with Crippen molar-refractivity contribution in [2.75, 3.05) is 38.5 Å². The summed E-state index contributed by atoms with van der Waals surface area (Å²) in [6.07, 6.45) is 0.571. The first-order valence-electron chi connectivity index (χ1n) is 11.3. The maximum absolute atomic E-state index is 12.7. The number of fused-ring (bicyclic) bond motifs is 1. The minimum Gasteiger partial charge on any atom is -0.451 e. The zero-order valence-corrected chi connectivity index (χ0v) is 20.0. The Labute approximate surface area is 198 Å². The SMILES string of the molecule is CN1CCN(C(O)Oc2ccc(C(=O)Nc3cc4cc(C(=O)C(C)(C)C)[nH]c4cn3)cc2)CC1. The summed E-state index contributed by atoms with van der Waals surface area (Å²) in [7, 11) is 2.05. The molecule has 0 aliphatic carbocycles. The van der Waals surface area contributed by atoms with Gasteiger partial charge in [-0.15, -0.1) is 0 Å². The second kappa shape index (κ2) is 9.54. The molecular weight excluding hydrogens is 434 g/mol. The van der Waals surface area contributed by atoms with Crippen molar-refractivity contribution in [2.45, 2.75) is 27.2 Å². The van der Waals surface area contributed by atoms with Crippen LogP contribution in [0.5, 0.6) is 5.75 Å². The molecular formula is C25H31N5O4. The van der Waals surface area contributed by atoms with Crippen LogP contribution in [0.15, 0.2) is 42.6 Å². The van der Waals surface area contributed by atoms with Gasteiger partial charge < -0.3 is 25.0 Å². The average Bonchev–Trinajstić information content (AvgIpc) is 3.22. The van der Waals surface area contributed by atoms with E-state index in [1.165, 1.54) is 0 Å². The molecule has 0 bridgehead atoms. The van der Waals surface area contributed by atoms with Gasteiger partial charge >= 0.3 is 0 Å². The molecule has 9 nitrogen and oxygen atoms in total. The summed E-state index contributed by atoms with van der Waals surface area (Å²) in [5, 5.41) is 13.9. The van der Waals surface area contributed by atoms with Crippen LogP contribution >= 0.6 is 0 Å². The lowest BCUT2D eigenvalue weighted by Crippen LogP contribution is -2.50. The molecule has 3 aromatic rings. The molecule has 9 heteroatoms. The normalized spacial score (nSPS) is 16.4. The molecule has 1 fully saturated rings. The smallest absolute Gasteiger partial charge is 0.259 e. The highest BCUT2D eigenvalue weighted by Gasteiger charge is 2.25. The van der Waals surface area contributed by atoms with Gasteiger partial charge in [-0.3, -0.25) is 9.59 Å². The monoisotopic (exact) mass is 465 g/mol. The molecule has 3 heterocycles. The van der Waals surface area contributed by atoms with Crippen LogP contribution in [0.25, 0.3) is 10.9 Å². The summed E-state index contributed by atoms with van der Waals surface area (Å²) in [5.74, 6) is 0.553. The number of H-pyrrole nitrogens is 1. The number of hydrogen-bond donors (Lipinski definition) is 3. The number of carbonyl (C=O) groups excluding carboxylic acids is 2. The first-order valence-corrected chi connectivity index (χ1v) is 11.3. The molecule has 1 unspecified atom stereocenters. The maximum Gasteiger partial charge on any atom is 0.259 e. The Morgan fingerprint density at radius 3 is 2.44 bits per heavy atom. The quantitative estimate of drug-likeness (QED) is 0.379. The molecule has 3 N–H and O–H groups in total. The number of likely N-dealkylation sites (N-methyl/N-ethyl adjacent to an activating group) is 1. The van der Waals surface area contributed by atoms with Gasteiger partial charge in [0.2, 0.25) is 0 Å². The number of Topliss-reactive ketones (excluding diaryl/α,β-unsaturated/α-hetero) is 1. The molecule has 1 aliphatic heterocycles. The van der Waals surface area contributed by atoms with Crippen LogP contribution in [0.4, 0.5) is 5.82 Å². The number of hydrogen-bond acceptors (Lipinski definition) is 7. The number of amides is 1. The van der Waals surface area contributed by atoms with Crippen LogP contribution in [-0.4, -0.2) is 76.2 Å². The highest BCUT2D eigenvalue weighted by molar-refractivity contribution is 6.05. The Bertz CT molecular complexity index is 1170. The predicted molar refractivity (Wildman–Crippen MR) is 130 cm³/mol. The maximum atomic E-state index is 12.7. The Kier molecular flexibility index (Phi) is 6.70. The summed E-state index contributed by atoms with van der Waals surface area (Å²) in [6.45, 7) is 8.80. The molecule has 1 atom stereocenters. The van der Waals surface area contributed by atoms with Crippen LogP contribution in [0.1, 0.15) is 41.6 Å². The molecule has 1 aliphatic rings. The van der Waals surface area contributed by atoms with E-state index in [9.17, 15) is 14.7 Å². The van der Waals surface area contributed by atoms with E-state index in [1.54, 1.807) is 42.6 Å². The van der Waals surface area contributed by atoms with E-state index in [0.717, 1.165) is 37.1 Å². The van der Waals surface area contributed by atoms with Crippen molar-refractivity contribution in [3.05, 3.63) is 53.9 Å². The number of rotatable bonds is 6. The zero-order valence-electron chi connectivity index (χ0n) is 20.0. The standard InChI is InChI=1S/C25H31N5O4/c1-25(2,3)22(31)19-13-17-14-21(26-15-20(17)27-19)28-23(32)16-5-7-18(8-6-16)34-24(33)30-11-9-29(4)10-12-30/h5-8,13-15,24,27,33H,9-12H2,1-4H3,(H,26,28,32). The summed E-state index contributed by atoms with van der Waals surface area (Å²) in [6, 6.07) is 10.1. The van der Waals surface area contributed by atoms with Gasteiger partial charge in [0.05, 0.1) is 17.4 Å². The molecule has 34 heavy (non-hydrogen) atoms. The number of ketones is 1. The number of nitrogens with zero attached hydrogens (tertiary/aromatic N) is 3. The van der Waals surface area contributed by atoms with Gasteiger partial charge in [0.1, 0.15) is 11.6 Å². The van der Waals surface area contributed by atoms with Crippen molar-refractivity contribution in [3.63, 3.8) is 0 Å². The number of aliphatic hydroxyl groups excluding tert-OH is 1. The first-order chi connectivity index (χ1) is 16.1. The van der Waals surface area contributed by atoms with Crippen molar-refractivity contribution in [1.29, 1.82) is 0 Å². The molecule has 0 spiro atoms. The predicted octanol–water partition coefficient (Wildman–Crippen LogP) is 2.95. The number of carbonyl (C=O) groups is 2. The Hall–Kier alpha value is -3.27. The van der Waals surface area contributed by atoms with E-state index in [0.29, 0.717) is 22.8 Å². The molecule has 1 amide bonds. The van der Waals surface area contributed by atoms with Gasteiger partial charge in [-0.25, -0.2) is 9.88 Å². The van der Waals surface area contributed by atoms with E-state index >= 15 is 0 Å². The third-order valence-corrected chi connectivity index (χ3v) is 5.88. The van der Waals surface area contributed by atoms with Crippen LogP contribution in [0.3, 0.4) is 0 Å². The lowest BCUT2D eigenvalue weighted by molar-refractivity contribution is -0.145. The van der Waals surface area contributed by atoms with Crippen LogP contribution in [0.2, 0.25) is 0 Å². The van der Waals surface area contributed by atoms with Gasteiger partial charge in [-0.1, -0.05) is 20.8 Å². The highest BCUT2D eigenvalue weighted by Crippen LogP contribution is 2.25. The van der Waals surface area contributed by atoms with Crippen molar-refractivity contribution in [2.24, 2.45) is 5.41 Å². The summed E-state index contributed by atoms with van der Waals surface area (Å²) in [4.78, 5) is 36.7. The van der Waals surface area contributed by atoms with E-state index in [-0.39, 0.29) is 11.7 Å². The molecule has 4 rings (SSSR count). The third kappa shape index (κ3) is 5.44. The molecule has 2 aromatic heterocycles. The van der Waals surface area contributed by atoms with Crippen LogP contribution in [-0.2, 0) is 0 Å². The van der Waals surface area contributed by atoms with Gasteiger partial charge in [0, 0.05) is 42.5 Å². The van der Waals surface area contributed by atoms with E-state index in [1.807, 2.05) is 32.7 Å².